The van der Waals surface area contributed by atoms with E-state index < -0.39 is 0 Å². The largest absolute Gasteiger partial charge is 0.380 e. The Morgan fingerprint density at radius 1 is 0.819 bits per heavy atom. The molecule has 6 heterocycles. The normalized spacial score (nSPS) is 19.9. The number of unbranched alkanes of at least 4 members (excludes halogenated alkanes) is 5. The summed E-state index contributed by atoms with van der Waals surface area (Å²) in [6.45, 7) is 17.5. The van der Waals surface area contributed by atoms with Gasteiger partial charge in [-0.25, -0.2) is 18.7 Å². The number of imide groups is 1. The molecule has 15 nitrogen and oxygen atoms in total. The summed E-state index contributed by atoms with van der Waals surface area (Å²) in [5, 5.41) is 9.44. The lowest BCUT2D eigenvalue weighted by molar-refractivity contribution is -0.131. The third kappa shape index (κ3) is 13.2. The number of piperidine rings is 2. The average Bonchev–Trinajstić information content (AvgIpc) is 3.71. The maximum atomic E-state index is 15.9. The number of amides is 4. The summed E-state index contributed by atoms with van der Waals surface area (Å²) < 4.78 is 31.5. The summed E-state index contributed by atoms with van der Waals surface area (Å²) in [6, 6.07) is 10.7. The number of hydrogen-bond acceptors (Lipinski definition) is 12. The topological polar surface area (TPSA) is 150 Å². The van der Waals surface area contributed by atoms with Crippen LogP contribution in [0.1, 0.15) is 133 Å². The highest BCUT2D eigenvalue weighted by molar-refractivity contribution is 5.99. The van der Waals surface area contributed by atoms with Gasteiger partial charge in [0.05, 0.1) is 17.8 Å². The fourth-order valence-corrected chi connectivity index (χ4v) is 11.2. The lowest BCUT2D eigenvalue weighted by Gasteiger charge is -2.50. The molecular formula is C55H77F2N11O4. The molecule has 3 N–H and O–H groups in total. The lowest BCUT2D eigenvalue weighted by Crippen LogP contribution is -2.63. The molecule has 1 spiro atoms. The molecule has 5 aliphatic heterocycles. The fourth-order valence-electron chi connectivity index (χ4n) is 11.2. The molecular weight excluding hydrogens is 917 g/mol. The van der Waals surface area contributed by atoms with E-state index >= 15 is 8.78 Å². The van der Waals surface area contributed by atoms with E-state index in [0.29, 0.717) is 80.7 Å². The van der Waals surface area contributed by atoms with Gasteiger partial charge in [0, 0.05) is 119 Å². The maximum Gasteiger partial charge on any atom is 0.254 e. The summed E-state index contributed by atoms with van der Waals surface area (Å²) in [6.07, 6.45) is 15.3. The van der Waals surface area contributed by atoms with Gasteiger partial charge in [-0.3, -0.25) is 29.4 Å². The Morgan fingerprint density at radius 2 is 1.56 bits per heavy atom. The van der Waals surface area contributed by atoms with Crippen molar-refractivity contribution in [1.82, 2.24) is 35.3 Å². The van der Waals surface area contributed by atoms with E-state index in [9.17, 15) is 19.2 Å². The predicted octanol–water partition coefficient (Wildman–Crippen LogP) is 7.62. The van der Waals surface area contributed by atoms with Crippen LogP contribution >= 0.6 is 0 Å². The molecule has 390 valence electrons. The Labute approximate surface area is 425 Å². The molecule has 1 atom stereocenters. The van der Waals surface area contributed by atoms with Gasteiger partial charge in [0.1, 0.15) is 29.6 Å². The molecule has 4 saturated heterocycles. The smallest absolute Gasteiger partial charge is 0.254 e. The molecule has 2 aromatic carbocycles. The van der Waals surface area contributed by atoms with Gasteiger partial charge in [0.15, 0.2) is 0 Å². The van der Waals surface area contributed by atoms with Crippen molar-refractivity contribution in [3.05, 3.63) is 82.8 Å². The van der Waals surface area contributed by atoms with E-state index in [1.807, 2.05) is 47.9 Å². The number of anilines is 4. The van der Waals surface area contributed by atoms with Gasteiger partial charge in [-0.05, 0) is 107 Å². The van der Waals surface area contributed by atoms with Crippen molar-refractivity contribution in [3.63, 3.8) is 0 Å². The molecule has 5 aliphatic rings. The summed E-state index contributed by atoms with van der Waals surface area (Å²) in [5.41, 5.74) is 4.52. The molecule has 17 heteroatoms. The first kappa shape index (κ1) is 52.5. The predicted molar refractivity (Wildman–Crippen MR) is 279 cm³/mol. The number of benzene rings is 2. The molecule has 3 aromatic rings. The number of carbonyl (C=O) groups is 4. The lowest BCUT2D eigenvalue weighted by atomic mass is 9.82. The molecule has 4 fully saturated rings. The van der Waals surface area contributed by atoms with Crippen LogP contribution in [0.2, 0.25) is 0 Å². The highest BCUT2D eigenvalue weighted by Crippen LogP contribution is 2.36. The number of carbonyl (C=O) groups excluding carboxylic acids is 4. The third-order valence-electron chi connectivity index (χ3n) is 16.0. The number of likely N-dealkylation sites (tertiary alicyclic amines) is 1. The number of nitrogens with zero attached hydrogens (tertiary/aromatic N) is 8. The zero-order valence-corrected chi connectivity index (χ0v) is 43.1. The van der Waals surface area contributed by atoms with Crippen molar-refractivity contribution in [3.8, 4) is 0 Å². The monoisotopic (exact) mass is 994 g/mol. The molecule has 0 saturated carbocycles. The Kier molecular flexibility index (Phi) is 17.3. The zero-order chi connectivity index (χ0) is 50.8. The van der Waals surface area contributed by atoms with E-state index in [-0.39, 0.29) is 47.4 Å². The van der Waals surface area contributed by atoms with Crippen LogP contribution in [-0.4, -0.2) is 132 Å². The molecule has 4 amide bonds. The number of halogens is 2. The second-order valence-electron chi connectivity index (χ2n) is 21.7. The quantitative estimate of drug-likeness (QED) is 0.0756. The Morgan fingerprint density at radius 3 is 2.29 bits per heavy atom. The van der Waals surface area contributed by atoms with E-state index in [0.717, 1.165) is 139 Å². The van der Waals surface area contributed by atoms with E-state index in [1.54, 1.807) is 11.2 Å². The van der Waals surface area contributed by atoms with Gasteiger partial charge >= 0.3 is 0 Å². The van der Waals surface area contributed by atoms with Crippen LogP contribution in [0.3, 0.4) is 0 Å². The van der Waals surface area contributed by atoms with E-state index in [1.165, 1.54) is 12.1 Å². The molecule has 0 radical (unpaired) electrons. The minimum atomic E-state index is -0.363. The number of nitrogens with one attached hydrogen (secondary N) is 3. The first-order valence-corrected chi connectivity index (χ1v) is 26.6. The Balaban J connectivity index is 0.698. The van der Waals surface area contributed by atoms with Gasteiger partial charge in [0.25, 0.3) is 5.91 Å². The van der Waals surface area contributed by atoms with Crippen LogP contribution < -0.4 is 30.7 Å². The highest BCUT2D eigenvalue weighted by Gasteiger charge is 2.41. The maximum absolute atomic E-state index is 15.9. The van der Waals surface area contributed by atoms with Crippen molar-refractivity contribution >= 4 is 47.1 Å². The average molecular weight is 994 g/mol. The van der Waals surface area contributed by atoms with Crippen LogP contribution in [-0.2, 0) is 27.5 Å². The number of rotatable bonds is 20. The number of fused-ring (bicyclic) bond motifs is 1. The summed E-state index contributed by atoms with van der Waals surface area (Å²) in [4.78, 5) is 70.2. The van der Waals surface area contributed by atoms with Crippen LogP contribution in [0.4, 0.5) is 31.8 Å². The van der Waals surface area contributed by atoms with Crippen molar-refractivity contribution in [1.29, 1.82) is 0 Å². The van der Waals surface area contributed by atoms with Crippen molar-refractivity contribution in [2.75, 3.05) is 92.0 Å². The number of hydrogen-bond donors (Lipinski definition) is 3. The first-order chi connectivity index (χ1) is 34.7. The van der Waals surface area contributed by atoms with Crippen LogP contribution in [0.25, 0.3) is 0 Å². The highest BCUT2D eigenvalue weighted by atomic mass is 19.1. The number of piperazine rings is 2. The third-order valence-corrected chi connectivity index (χ3v) is 16.0. The second kappa shape index (κ2) is 23.8. The summed E-state index contributed by atoms with van der Waals surface area (Å²) in [7, 11) is 0. The van der Waals surface area contributed by atoms with Crippen molar-refractivity contribution < 1.29 is 28.0 Å². The van der Waals surface area contributed by atoms with Crippen molar-refractivity contribution in [2.24, 2.45) is 5.41 Å². The van der Waals surface area contributed by atoms with Gasteiger partial charge in [-0.15, -0.1) is 0 Å². The fraction of sp³-hybridized carbons (Fsp3) is 0.600. The zero-order valence-electron chi connectivity index (χ0n) is 43.1. The van der Waals surface area contributed by atoms with Crippen molar-refractivity contribution in [2.45, 2.75) is 136 Å². The molecule has 0 bridgehead atoms. The van der Waals surface area contributed by atoms with Crippen LogP contribution in [0.5, 0.6) is 0 Å². The van der Waals surface area contributed by atoms with E-state index in [2.05, 4.69) is 60.5 Å². The minimum Gasteiger partial charge on any atom is -0.380 e. The second-order valence-corrected chi connectivity index (χ2v) is 21.7. The summed E-state index contributed by atoms with van der Waals surface area (Å²) in [5.74, 6) is 0.826. The Hall–Kier alpha value is -5.84. The molecule has 1 unspecified atom stereocenters. The summed E-state index contributed by atoms with van der Waals surface area (Å²) >= 11 is 0. The standard InChI is InChI=1S/C55H77F2N11O4/c1-5-43-36-67(48-32-46(56)42(31-47(48)57)34-63-22-17-54(3,4)18-23-63)37-55(62-43)19-24-65(25-20-55)50-33-49(59-38-60-50)58-21-11-9-7-6-8-10-12-52(71)66-28-26-64(27-29-66)44-14-15-45-41(30-44)35-68(53(45)72)40(2)13-16-51(70)61-39-69/h5,14-15,30-33,38-40,62H,6-13,16-29,34-37H2,1-4H3,(H,58,59,60)(H,61,69,70). The number of allylic oxidation sites excluding steroid dienone is 1. The van der Waals surface area contributed by atoms with Gasteiger partial charge in [-0.2, -0.15) is 0 Å². The van der Waals surface area contributed by atoms with Crippen LogP contribution in [0.15, 0.2) is 54.5 Å². The Bertz CT molecular complexity index is 2410. The molecule has 0 aliphatic carbocycles. The molecule has 8 rings (SSSR count). The molecule has 1 aromatic heterocycles. The SMILES string of the molecule is CC=C1CN(c2cc(F)c(CN3CCC(C)(C)CC3)cc2F)CC2(CCN(c3cc(NCCCCCCCCC(=O)N4CCN(c5ccc6c(c5)CN(C(C)CCC(=O)NC=O)C6=O)CC4)ncn3)CC2)N1. The van der Waals surface area contributed by atoms with Gasteiger partial charge in [0.2, 0.25) is 18.2 Å². The van der Waals surface area contributed by atoms with Crippen LogP contribution in [0, 0.1) is 17.0 Å². The van der Waals surface area contributed by atoms with Gasteiger partial charge < -0.3 is 35.1 Å². The number of aromatic nitrogens is 2. The first-order valence-electron chi connectivity index (χ1n) is 26.6. The molecule has 72 heavy (non-hydrogen) atoms. The van der Waals surface area contributed by atoms with Gasteiger partial charge in [-0.1, -0.05) is 45.6 Å². The minimum absolute atomic E-state index is 0.0357. The van der Waals surface area contributed by atoms with E-state index in [4.69, 9.17) is 0 Å².